The number of amides is 1. The van der Waals surface area contributed by atoms with Gasteiger partial charge >= 0.3 is 0 Å². The van der Waals surface area contributed by atoms with Crippen LogP contribution in [0.2, 0.25) is 0 Å². The van der Waals surface area contributed by atoms with Crippen molar-refractivity contribution >= 4 is 5.91 Å². The highest BCUT2D eigenvalue weighted by Crippen LogP contribution is 2.13. The Labute approximate surface area is 121 Å². The lowest BCUT2D eigenvalue weighted by molar-refractivity contribution is -0.133. The Morgan fingerprint density at radius 2 is 2.25 bits per heavy atom. The van der Waals surface area contributed by atoms with Gasteiger partial charge < -0.3 is 15.0 Å². The molecule has 1 fully saturated rings. The van der Waals surface area contributed by atoms with Crippen LogP contribution in [-0.4, -0.2) is 43.7 Å². The van der Waals surface area contributed by atoms with Gasteiger partial charge in [0.1, 0.15) is 0 Å². The lowest BCUT2D eigenvalue weighted by Crippen LogP contribution is -2.41. The summed E-state index contributed by atoms with van der Waals surface area (Å²) in [5.74, 6) is 0.138. The van der Waals surface area contributed by atoms with Crippen molar-refractivity contribution in [3.05, 3.63) is 34.9 Å². The summed E-state index contributed by atoms with van der Waals surface area (Å²) in [4.78, 5) is 14.0. The molecule has 1 atom stereocenters. The summed E-state index contributed by atoms with van der Waals surface area (Å²) in [6.07, 6.45) is 0.465. The number of carbonyl (C=O) groups excluding carboxylic acids is 1. The molecule has 0 aliphatic carbocycles. The van der Waals surface area contributed by atoms with E-state index in [1.54, 1.807) is 4.90 Å². The Kier molecular flexibility index (Phi) is 5.15. The van der Waals surface area contributed by atoms with Crippen LogP contribution in [0, 0.1) is 13.8 Å². The van der Waals surface area contributed by atoms with Gasteiger partial charge in [-0.25, -0.2) is 0 Å². The zero-order valence-electron chi connectivity index (χ0n) is 12.6. The van der Waals surface area contributed by atoms with Gasteiger partial charge in [-0.2, -0.15) is 0 Å². The van der Waals surface area contributed by atoms with E-state index in [9.17, 15) is 4.79 Å². The molecule has 20 heavy (non-hydrogen) atoms. The molecule has 0 saturated carbocycles. The van der Waals surface area contributed by atoms with E-state index >= 15 is 0 Å². The molecule has 1 aliphatic rings. The first kappa shape index (κ1) is 15.0. The average molecular weight is 276 g/mol. The number of carbonyl (C=O) groups is 1. The number of morpholine rings is 1. The van der Waals surface area contributed by atoms with Gasteiger partial charge in [0.05, 0.1) is 19.1 Å². The fourth-order valence-corrected chi connectivity index (χ4v) is 2.47. The average Bonchev–Trinajstić information content (AvgIpc) is 2.43. The Bertz CT molecular complexity index is 468. The number of ether oxygens (including phenoxy) is 1. The molecule has 4 heteroatoms. The minimum absolute atomic E-state index is 0.0119. The van der Waals surface area contributed by atoms with Crippen LogP contribution in [-0.2, 0) is 16.1 Å². The maximum absolute atomic E-state index is 12.2. The normalized spacial score (nSPS) is 18.9. The second-order valence-electron chi connectivity index (χ2n) is 5.58. The molecule has 1 aromatic carbocycles. The van der Waals surface area contributed by atoms with Gasteiger partial charge in [-0.15, -0.1) is 0 Å². The smallest absolute Gasteiger partial charge is 0.225 e. The predicted molar refractivity (Wildman–Crippen MR) is 79.6 cm³/mol. The van der Waals surface area contributed by atoms with Crippen molar-refractivity contribution in [2.75, 3.05) is 26.7 Å². The third kappa shape index (κ3) is 4.05. The topological polar surface area (TPSA) is 41.6 Å². The van der Waals surface area contributed by atoms with Gasteiger partial charge in [-0.1, -0.05) is 23.8 Å². The van der Waals surface area contributed by atoms with E-state index in [1.165, 1.54) is 16.7 Å². The van der Waals surface area contributed by atoms with E-state index in [4.69, 9.17) is 4.74 Å². The molecule has 0 spiro atoms. The predicted octanol–water partition coefficient (Wildman–Crippen LogP) is 1.64. The van der Waals surface area contributed by atoms with Gasteiger partial charge in [0.15, 0.2) is 0 Å². The molecule has 0 radical (unpaired) electrons. The van der Waals surface area contributed by atoms with Crippen molar-refractivity contribution in [2.24, 2.45) is 0 Å². The quantitative estimate of drug-likeness (QED) is 0.909. The lowest BCUT2D eigenvalue weighted by atomic mass is 10.1. The van der Waals surface area contributed by atoms with Crippen molar-refractivity contribution in [1.82, 2.24) is 10.2 Å². The van der Waals surface area contributed by atoms with Crippen LogP contribution in [0.15, 0.2) is 18.2 Å². The van der Waals surface area contributed by atoms with E-state index < -0.39 is 0 Å². The second-order valence-corrected chi connectivity index (χ2v) is 5.58. The summed E-state index contributed by atoms with van der Waals surface area (Å²) in [6, 6.07) is 6.35. The van der Waals surface area contributed by atoms with Gasteiger partial charge in [0.2, 0.25) is 5.91 Å². The van der Waals surface area contributed by atoms with E-state index in [0.717, 1.165) is 13.1 Å². The zero-order chi connectivity index (χ0) is 14.5. The highest BCUT2D eigenvalue weighted by Gasteiger charge is 2.20. The molecule has 2 rings (SSSR count). The van der Waals surface area contributed by atoms with Crippen molar-refractivity contribution < 1.29 is 9.53 Å². The van der Waals surface area contributed by atoms with E-state index in [-0.39, 0.29) is 12.0 Å². The van der Waals surface area contributed by atoms with Gasteiger partial charge in [-0.05, 0) is 25.0 Å². The Morgan fingerprint density at radius 3 is 2.90 bits per heavy atom. The van der Waals surface area contributed by atoms with Crippen LogP contribution >= 0.6 is 0 Å². The van der Waals surface area contributed by atoms with Crippen LogP contribution < -0.4 is 5.32 Å². The van der Waals surface area contributed by atoms with Crippen molar-refractivity contribution in [1.29, 1.82) is 0 Å². The maximum atomic E-state index is 12.2. The minimum atomic E-state index is 0.0119. The summed E-state index contributed by atoms with van der Waals surface area (Å²) in [5, 5.41) is 3.25. The Morgan fingerprint density at radius 1 is 1.45 bits per heavy atom. The molecular formula is C16H24N2O2. The standard InChI is InChI=1S/C16H24N2O2/c1-12-4-5-14(13(2)8-12)11-18(3)16(19)9-15-10-17-6-7-20-15/h4-5,8,15,17H,6-7,9-11H2,1-3H3. The van der Waals surface area contributed by atoms with E-state index in [1.807, 2.05) is 7.05 Å². The molecule has 0 aromatic heterocycles. The monoisotopic (exact) mass is 276 g/mol. The minimum Gasteiger partial charge on any atom is -0.375 e. The number of aryl methyl sites for hydroxylation is 2. The van der Waals surface area contributed by atoms with Crippen LogP contribution in [0.5, 0.6) is 0 Å². The Hall–Kier alpha value is -1.39. The first-order valence-electron chi connectivity index (χ1n) is 7.18. The lowest BCUT2D eigenvalue weighted by Gasteiger charge is -2.26. The number of benzene rings is 1. The van der Waals surface area contributed by atoms with E-state index in [2.05, 4.69) is 37.4 Å². The Balaban J connectivity index is 1.89. The fourth-order valence-electron chi connectivity index (χ4n) is 2.47. The second kappa shape index (κ2) is 6.86. The first-order chi connectivity index (χ1) is 9.56. The summed E-state index contributed by atoms with van der Waals surface area (Å²) >= 11 is 0. The van der Waals surface area contributed by atoms with Gasteiger partial charge in [-0.3, -0.25) is 4.79 Å². The number of rotatable bonds is 4. The van der Waals surface area contributed by atoms with Crippen molar-refractivity contribution in [2.45, 2.75) is 32.9 Å². The number of nitrogens with zero attached hydrogens (tertiary/aromatic N) is 1. The molecule has 0 bridgehead atoms. The molecule has 1 heterocycles. The highest BCUT2D eigenvalue weighted by molar-refractivity contribution is 5.76. The molecule has 1 saturated heterocycles. The van der Waals surface area contributed by atoms with Crippen LogP contribution in [0.4, 0.5) is 0 Å². The molecule has 1 unspecified atom stereocenters. The van der Waals surface area contributed by atoms with E-state index in [0.29, 0.717) is 19.6 Å². The third-order valence-electron chi connectivity index (χ3n) is 3.74. The molecule has 110 valence electrons. The molecular weight excluding hydrogens is 252 g/mol. The number of hydrogen-bond acceptors (Lipinski definition) is 3. The van der Waals surface area contributed by atoms with Gasteiger partial charge in [0, 0.05) is 26.7 Å². The molecule has 1 aromatic rings. The molecule has 4 nitrogen and oxygen atoms in total. The summed E-state index contributed by atoms with van der Waals surface area (Å²) < 4.78 is 5.58. The summed E-state index contributed by atoms with van der Waals surface area (Å²) in [5.41, 5.74) is 3.69. The third-order valence-corrected chi connectivity index (χ3v) is 3.74. The maximum Gasteiger partial charge on any atom is 0.225 e. The fraction of sp³-hybridized carbons (Fsp3) is 0.562. The zero-order valence-corrected chi connectivity index (χ0v) is 12.6. The van der Waals surface area contributed by atoms with Crippen LogP contribution in [0.3, 0.4) is 0 Å². The van der Waals surface area contributed by atoms with Crippen molar-refractivity contribution in [3.8, 4) is 0 Å². The summed E-state index contributed by atoms with van der Waals surface area (Å²) in [6.45, 7) is 7.17. The van der Waals surface area contributed by atoms with Crippen LogP contribution in [0.25, 0.3) is 0 Å². The van der Waals surface area contributed by atoms with Crippen LogP contribution in [0.1, 0.15) is 23.1 Å². The number of nitrogens with one attached hydrogen (secondary N) is 1. The molecule has 1 amide bonds. The summed E-state index contributed by atoms with van der Waals surface area (Å²) in [7, 11) is 1.86. The van der Waals surface area contributed by atoms with Gasteiger partial charge in [0.25, 0.3) is 0 Å². The SMILES string of the molecule is Cc1ccc(CN(C)C(=O)CC2CNCCO2)c(C)c1. The molecule has 1 N–H and O–H groups in total. The largest absolute Gasteiger partial charge is 0.375 e. The highest BCUT2D eigenvalue weighted by atomic mass is 16.5. The molecule has 1 aliphatic heterocycles. The van der Waals surface area contributed by atoms with Crippen molar-refractivity contribution in [3.63, 3.8) is 0 Å². The first-order valence-corrected chi connectivity index (χ1v) is 7.18. The number of hydrogen-bond donors (Lipinski definition) is 1.